The fourth-order valence-electron chi connectivity index (χ4n) is 4.86. The normalized spacial score (nSPS) is 14.6. The topological polar surface area (TPSA) is 112 Å². The Kier molecular flexibility index (Phi) is 6.46. The maximum absolute atomic E-state index is 13.8. The van der Waals surface area contributed by atoms with Gasteiger partial charge in [-0.05, 0) is 67.9 Å². The number of nitro groups is 1. The average molecular weight is 514 g/mol. The van der Waals surface area contributed by atoms with Crippen LogP contribution < -0.4 is 19.7 Å². The predicted octanol–water partition coefficient (Wildman–Crippen LogP) is 5.24. The molecule has 1 aliphatic rings. The monoisotopic (exact) mass is 513 g/mol. The summed E-state index contributed by atoms with van der Waals surface area (Å²) in [6, 6.07) is 20.4. The second-order valence-corrected chi connectivity index (χ2v) is 8.97. The number of hydrogen-bond donors (Lipinski definition) is 1. The first-order valence-electron chi connectivity index (χ1n) is 12.0. The second-order valence-electron chi connectivity index (χ2n) is 8.97. The Balaban J connectivity index is 1.59. The van der Waals surface area contributed by atoms with Crippen molar-refractivity contribution in [2.45, 2.75) is 26.6 Å². The fraction of sp³-hybridized carbons (Fsp3) is 0.214. The summed E-state index contributed by atoms with van der Waals surface area (Å²) in [4.78, 5) is 26.6. The van der Waals surface area contributed by atoms with E-state index in [0.717, 1.165) is 16.8 Å². The van der Waals surface area contributed by atoms with Crippen LogP contribution in [-0.2, 0) is 6.54 Å². The van der Waals surface area contributed by atoms with Crippen LogP contribution in [0.3, 0.4) is 0 Å². The van der Waals surface area contributed by atoms with Crippen molar-refractivity contribution in [2.75, 3.05) is 24.4 Å². The minimum atomic E-state index is -0.523. The van der Waals surface area contributed by atoms with Crippen molar-refractivity contribution >= 4 is 23.0 Å². The molecule has 10 nitrogen and oxygen atoms in total. The maximum Gasteiger partial charge on any atom is 0.312 e. The molecular formula is C28H27N5O5. The molecule has 1 aliphatic heterocycles. The highest BCUT2D eigenvalue weighted by Gasteiger charge is 2.34. The first-order chi connectivity index (χ1) is 18.3. The molecule has 0 bridgehead atoms. The molecule has 0 unspecified atom stereocenters. The lowest BCUT2D eigenvalue weighted by Gasteiger charge is -2.38. The van der Waals surface area contributed by atoms with Gasteiger partial charge in [-0.25, -0.2) is 0 Å². The Hall–Kier alpha value is -4.86. The van der Waals surface area contributed by atoms with Gasteiger partial charge in [0, 0.05) is 16.9 Å². The summed E-state index contributed by atoms with van der Waals surface area (Å²) in [7, 11) is 3.17. The van der Waals surface area contributed by atoms with Crippen LogP contribution in [0.2, 0.25) is 0 Å². The molecule has 0 fully saturated rings. The van der Waals surface area contributed by atoms with Crippen molar-refractivity contribution in [1.29, 1.82) is 0 Å². The number of benzene rings is 3. The Bertz CT molecular complexity index is 1530. The lowest BCUT2D eigenvalue weighted by Crippen LogP contribution is -2.43. The smallest absolute Gasteiger partial charge is 0.312 e. The van der Waals surface area contributed by atoms with Crippen molar-refractivity contribution in [1.82, 2.24) is 9.78 Å². The van der Waals surface area contributed by atoms with Gasteiger partial charge in [0.2, 0.25) is 0 Å². The first-order valence-corrected chi connectivity index (χ1v) is 12.0. The standard InChI is InChI=1S/C28H27N5O5/c1-17-26(33(35)36)18(2)31(30-17)16-20-15-19(9-14-25(20)38-4)27-29-24-8-6-5-7-23(24)28(34)32(27)21-10-12-22(37-3)13-11-21/h5-15,27,29H,16H2,1-4H3/t27-/m1/s1. The highest BCUT2D eigenvalue weighted by molar-refractivity contribution is 6.12. The number of rotatable bonds is 7. The van der Waals surface area contributed by atoms with E-state index < -0.39 is 11.1 Å². The van der Waals surface area contributed by atoms with Gasteiger partial charge in [-0.1, -0.05) is 18.2 Å². The number of carbonyl (C=O) groups is 1. The van der Waals surface area contributed by atoms with E-state index in [1.54, 1.807) is 43.7 Å². The van der Waals surface area contributed by atoms with Gasteiger partial charge in [-0.15, -0.1) is 0 Å². The van der Waals surface area contributed by atoms with E-state index in [4.69, 9.17) is 9.47 Å². The number of carbonyl (C=O) groups excluding carboxylic acids is 1. The zero-order valence-corrected chi connectivity index (χ0v) is 21.5. The number of amides is 1. The third-order valence-corrected chi connectivity index (χ3v) is 6.74. The number of anilines is 2. The average Bonchev–Trinajstić information content (AvgIpc) is 3.21. The maximum atomic E-state index is 13.8. The van der Waals surface area contributed by atoms with Crippen molar-refractivity contribution in [3.63, 3.8) is 0 Å². The number of aryl methyl sites for hydroxylation is 1. The summed E-state index contributed by atoms with van der Waals surface area (Å²) >= 11 is 0. The lowest BCUT2D eigenvalue weighted by molar-refractivity contribution is -0.386. The molecule has 5 rings (SSSR count). The summed E-state index contributed by atoms with van der Waals surface area (Å²) in [5.41, 5.74) is 4.41. The van der Waals surface area contributed by atoms with Crippen molar-refractivity contribution < 1.29 is 19.2 Å². The number of aromatic nitrogens is 2. The van der Waals surface area contributed by atoms with Gasteiger partial charge >= 0.3 is 5.69 Å². The van der Waals surface area contributed by atoms with Crippen LogP contribution in [0.25, 0.3) is 0 Å². The van der Waals surface area contributed by atoms with E-state index in [-0.39, 0.29) is 18.1 Å². The molecule has 0 spiro atoms. The van der Waals surface area contributed by atoms with Crippen LogP contribution >= 0.6 is 0 Å². The minimum Gasteiger partial charge on any atom is -0.497 e. The quantitative estimate of drug-likeness (QED) is 0.265. The molecule has 0 aliphatic carbocycles. The van der Waals surface area contributed by atoms with Crippen LogP contribution in [0.5, 0.6) is 11.5 Å². The van der Waals surface area contributed by atoms with Crippen LogP contribution in [0.15, 0.2) is 66.7 Å². The molecule has 194 valence electrons. The highest BCUT2D eigenvalue weighted by Crippen LogP contribution is 2.38. The van der Waals surface area contributed by atoms with Crippen LogP contribution in [-0.4, -0.2) is 34.8 Å². The van der Waals surface area contributed by atoms with E-state index in [1.165, 1.54) is 0 Å². The van der Waals surface area contributed by atoms with E-state index in [2.05, 4.69) is 10.4 Å². The SMILES string of the molecule is COc1ccc(N2C(=O)c3ccccc3N[C@H]2c2ccc(OC)c(Cn3nc(C)c([N+](=O)[O-])c3C)c2)cc1. The Morgan fingerprint density at radius 2 is 1.76 bits per heavy atom. The number of hydrogen-bond acceptors (Lipinski definition) is 7. The Morgan fingerprint density at radius 1 is 1.03 bits per heavy atom. The van der Waals surface area contributed by atoms with Gasteiger partial charge in [0.05, 0.1) is 31.3 Å². The molecule has 38 heavy (non-hydrogen) atoms. The van der Waals surface area contributed by atoms with Crippen LogP contribution in [0.4, 0.5) is 17.1 Å². The summed E-state index contributed by atoms with van der Waals surface area (Å²) < 4.78 is 12.5. The van der Waals surface area contributed by atoms with E-state index in [1.807, 2.05) is 60.7 Å². The summed E-state index contributed by atoms with van der Waals surface area (Å²) in [5.74, 6) is 1.16. The molecule has 0 saturated carbocycles. The van der Waals surface area contributed by atoms with Gasteiger partial charge in [-0.2, -0.15) is 5.10 Å². The third kappa shape index (κ3) is 4.30. The number of para-hydroxylation sites is 1. The molecule has 1 N–H and O–H groups in total. The third-order valence-electron chi connectivity index (χ3n) is 6.74. The number of nitrogens with one attached hydrogen (secondary N) is 1. The molecule has 3 aromatic carbocycles. The zero-order chi connectivity index (χ0) is 27.0. The molecule has 0 radical (unpaired) electrons. The van der Waals surface area contributed by atoms with Gasteiger partial charge in [0.25, 0.3) is 5.91 Å². The van der Waals surface area contributed by atoms with Gasteiger partial charge in [0.15, 0.2) is 0 Å². The van der Waals surface area contributed by atoms with Crippen molar-refractivity contribution in [3.05, 3.63) is 105 Å². The molecule has 1 aromatic heterocycles. The Morgan fingerprint density at radius 3 is 2.42 bits per heavy atom. The van der Waals surface area contributed by atoms with Crippen molar-refractivity contribution in [3.8, 4) is 11.5 Å². The predicted molar refractivity (Wildman–Crippen MR) is 143 cm³/mol. The molecular weight excluding hydrogens is 486 g/mol. The van der Waals surface area contributed by atoms with Crippen molar-refractivity contribution in [2.24, 2.45) is 0 Å². The minimum absolute atomic E-state index is 0.00181. The van der Waals surface area contributed by atoms with E-state index >= 15 is 0 Å². The van der Waals surface area contributed by atoms with E-state index in [0.29, 0.717) is 34.1 Å². The summed E-state index contributed by atoms with van der Waals surface area (Å²) in [6.45, 7) is 3.56. The van der Waals surface area contributed by atoms with Gasteiger partial charge in [-0.3, -0.25) is 24.5 Å². The van der Waals surface area contributed by atoms with Crippen LogP contribution in [0, 0.1) is 24.0 Å². The number of methoxy groups -OCH3 is 2. The molecule has 2 heterocycles. The van der Waals surface area contributed by atoms with Gasteiger partial charge < -0.3 is 14.8 Å². The molecule has 10 heteroatoms. The molecule has 0 saturated heterocycles. The van der Waals surface area contributed by atoms with E-state index in [9.17, 15) is 14.9 Å². The molecule has 1 atom stereocenters. The summed E-state index contributed by atoms with van der Waals surface area (Å²) in [6.07, 6.45) is -0.523. The lowest BCUT2D eigenvalue weighted by atomic mass is 10.0. The second kappa shape index (κ2) is 9.89. The molecule has 1 amide bonds. The van der Waals surface area contributed by atoms with Crippen LogP contribution in [0.1, 0.15) is 39.0 Å². The first kappa shape index (κ1) is 24.8. The van der Waals surface area contributed by atoms with Gasteiger partial charge in [0.1, 0.15) is 29.1 Å². The highest BCUT2D eigenvalue weighted by atomic mass is 16.6. The number of nitrogens with zero attached hydrogens (tertiary/aromatic N) is 4. The Labute approximate surface area is 219 Å². The zero-order valence-electron chi connectivity index (χ0n) is 21.5. The fourth-order valence-corrected chi connectivity index (χ4v) is 4.86. The number of ether oxygens (including phenoxy) is 2. The molecule has 4 aromatic rings. The largest absolute Gasteiger partial charge is 0.497 e. The summed E-state index contributed by atoms with van der Waals surface area (Å²) in [5, 5.41) is 19.4. The number of fused-ring (bicyclic) bond motifs is 1.